The fourth-order valence-corrected chi connectivity index (χ4v) is 10.7. The number of amides is 1. The van der Waals surface area contributed by atoms with Crippen LogP contribution in [0.3, 0.4) is 0 Å². The summed E-state index contributed by atoms with van der Waals surface area (Å²) in [6.45, 7) is 4.91. The van der Waals surface area contributed by atoms with Gasteiger partial charge in [0.05, 0.1) is 25.4 Å². The molecule has 0 saturated carbocycles. The third kappa shape index (κ3) is 59.7. The molecular weight excluding hydrogens is 899 g/mol. The van der Waals surface area contributed by atoms with E-state index in [4.69, 9.17) is 4.74 Å². The number of rotatable bonds is 63. The third-order valence-electron chi connectivity index (χ3n) is 15.8. The van der Waals surface area contributed by atoms with Crippen molar-refractivity contribution in [3.05, 3.63) is 12.2 Å². The minimum Gasteiger partial charge on any atom is -0.466 e. The summed E-state index contributed by atoms with van der Waals surface area (Å²) in [5.74, 6) is -0.0403. The van der Waals surface area contributed by atoms with E-state index < -0.39 is 12.1 Å². The molecule has 3 N–H and O–H groups in total. The van der Waals surface area contributed by atoms with Gasteiger partial charge in [-0.1, -0.05) is 347 Å². The summed E-state index contributed by atoms with van der Waals surface area (Å²) in [7, 11) is 0. The second kappa shape index (κ2) is 63.1. The fraction of sp³-hybridized carbons (Fsp3) is 0.940. The number of ether oxygens (including phenoxy) is 1. The summed E-state index contributed by atoms with van der Waals surface area (Å²) in [5, 5.41) is 23.0. The molecule has 1 amide bonds. The van der Waals surface area contributed by atoms with Crippen LogP contribution in [0.25, 0.3) is 0 Å². The number of nitrogens with one attached hydrogen (secondary N) is 1. The van der Waals surface area contributed by atoms with Gasteiger partial charge in [-0.15, -0.1) is 0 Å². The van der Waals surface area contributed by atoms with Gasteiger partial charge in [0.2, 0.25) is 5.91 Å². The minimum atomic E-state index is -0.838. The molecule has 0 bridgehead atoms. The molecule has 0 fully saturated rings. The number of unbranched alkanes of at least 4 members (excludes halogenated alkanes) is 52. The minimum absolute atomic E-state index is 0.0225. The molecule has 0 aliphatic carbocycles. The summed E-state index contributed by atoms with van der Waals surface area (Å²) in [6, 6.07) is -0.621. The highest BCUT2D eigenvalue weighted by Gasteiger charge is 2.18. The molecule has 2 atom stereocenters. The Morgan fingerprint density at radius 1 is 0.370 bits per heavy atom. The van der Waals surface area contributed by atoms with Crippen LogP contribution in [0.2, 0.25) is 0 Å². The van der Waals surface area contributed by atoms with Gasteiger partial charge in [-0.05, 0) is 32.1 Å². The van der Waals surface area contributed by atoms with E-state index in [1.165, 1.54) is 315 Å². The molecule has 0 heterocycles. The Balaban J connectivity index is 3.28. The van der Waals surface area contributed by atoms with Crippen molar-refractivity contribution >= 4 is 11.9 Å². The molecule has 0 saturated heterocycles. The van der Waals surface area contributed by atoms with E-state index in [0.717, 1.165) is 38.5 Å². The molecule has 0 aromatic heterocycles. The highest BCUT2D eigenvalue weighted by molar-refractivity contribution is 5.76. The van der Waals surface area contributed by atoms with Crippen molar-refractivity contribution in [1.82, 2.24) is 5.32 Å². The molecule has 0 radical (unpaired) electrons. The number of hydrogen-bond acceptors (Lipinski definition) is 5. The number of carbonyl (C=O) groups is 2. The third-order valence-corrected chi connectivity index (χ3v) is 15.8. The Hall–Kier alpha value is -1.40. The predicted octanol–water partition coefficient (Wildman–Crippen LogP) is 21.2. The van der Waals surface area contributed by atoms with Crippen LogP contribution in [0.15, 0.2) is 12.2 Å². The number of allylic oxidation sites excluding steroid dienone is 1. The first-order chi connectivity index (χ1) is 36.0. The van der Waals surface area contributed by atoms with Crippen molar-refractivity contribution < 1.29 is 24.5 Å². The quantitative estimate of drug-likeness (QED) is 0.0320. The molecule has 73 heavy (non-hydrogen) atoms. The summed E-state index contributed by atoms with van der Waals surface area (Å²) in [6.07, 6.45) is 77.3. The smallest absolute Gasteiger partial charge is 0.305 e. The first-order valence-electron chi connectivity index (χ1n) is 33.5. The maximum atomic E-state index is 12.4. The second-order valence-electron chi connectivity index (χ2n) is 23.2. The zero-order chi connectivity index (χ0) is 52.9. The van der Waals surface area contributed by atoms with Crippen LogP contribution in [-0.4, -0.2) is 47.4 Å². The number of carbonyl (C=O) groups excluding carboxylic acids is 2. The van der Waals surface area contributed by atoms with Crippen molar-refractivity contribution in [1.29, 1.82) is 0 Å². The van der Waals surface area contributed by atoms with E-state index >= 15 is 0 Å². The van der Waals surface area contributed by atoms with E-state index in [-0.39, 0.29) is 18.5 Å². The van der Waals surface area contributed by atoms with E-state index in [1.54, 1.807) is 6.08 Å². The van der Waals surface area contributed by atoms with Crippen LogP contribution in [0.4, 0.5) is 0 Å². The van der Waals surface area contributed by atoms with Crippen molar-refractivity contribution in [2.75, 3.05) is 13.2 Å². The molecular formula is C67H131NO5. The van der Waals surface area contributed by atoms with E-state index in [2.05, 4.69) is 19.2 Å². The standard InChI is InChI=1S/C67H131NO5/c1-3-5-7-9-11-13-40-45-49-53-57-61-67(72)73-62-58-54-50-46-42-39-37-35-33-31-29-27-25-23-21-19-17-15-16-18-20-22-24-26-28-30-32-34-36-38-41-44-48-52-56-60-66(71)68-64(63-69)65(70)59-55-51-47-43-14-12-10-8-6-4-2/h55,59,64-65,69-70H,3-54,56-58,60-63H2,1-2H3,(H,68,71)/b59-55+. The van der Waals surface area contributed by atoms with Gasteiger partial charge in [-0.2, -0.15) is 0 Å². The molecule has 6 heteroatoms. The average molecular weight is 1030 g/mol. The fourth-order valence-electron chi connectivity index (χ4n) is 10.7. The zero-order valence-corrected chi connectivity index (χ0v) is 49.6. The molecule has 0 aliphatic heterocycles. The number of aliphatic hydroxyl groups is 2. The topological polar surface area (TPSA) is 95.9 Å². The normalized spacial score (nSPS) is 12.5. The van der Waals surface area contributed by atoms with Crippen molar-refractivity contribution in [3.8, 4) is 0 Å². The van der Waals surface area contributed by atoms with Crippen LogP contribution in [-0.2, 0) is 14.3 Å². The lowest BCUT2D eigenvalue weighted by molar-refractivity contribution is -0.143. The van der Waals surface area contributed by atoms with E-state index in [9.17, 15) is 19.8 Å². The summed E-state index contributed by atoms with van der Waals surface area (Å²) < 4.78 is 5.48. The molecule has 0 rings (SSSR count). The number of aliphatic hydroxyl groups excluding tert-OH is 2. The predicted molar refractivity (Wildman–Crippen MR) is 320 cm³/mol. The Bertz CT molecular complexity index is 1100. The van der Waals surface area contributed by atoms with Crippen molar-refractivity contribution in [3.63, 3.8) is 0 Å². The Labute approximate surface area is 457 Å². The van der Waals surface area contributed by atoms with Crippen LogP contribution < -0.4 is 5.32 Å². The lowest BCUT2D eigenvalue weighted by atomic mass is 10.0. The van der Waals surface area contributed by atoms with Gasteiger partial charge in [-0.25, -0.2) is 0 Å². The lowest BCUT2D eigenvalue weighted by Crippen LogP contribution is -2.45. The van der Waals surface area contributed by atoms with Crippen LogP contribution in [0.1, 0.15) is 380 Å². The van der Waals surface area contributed by atoms with Gasteiger partial charge >= 0.3 is 5.97 Å². The highest BCUT2D eigenvalue weighted by Crippen LogP contribution is 2.19. The molecule has 0 spiro atoms. The van der Waals surface area contributed by atoms with E-state index in [0.29, 0.717) is 19.4 Å². The largest absolute Gasteiger partial charge is 0.466 e. The highest BCUT2D eigenvalue weighted by atomic mass is 16.5. The van der Waals surface area contributed by atoms with Gasteiger partial charge in [-0.3, -0.25) is 9.59 Å². The summed E-state index contributed by atoms with van der Waals surface area (Å²) in [5.41, 5.74) is 0. The van der Waals surface area contributed by atoms with Gasteiger partial charge < -0.3 is 20.3 Å². The van der Waals surface area contributed by atoms with Gasteiger partial charge in [0, 0.05) is 12.8 Å². The number of esters is 1. The van der Waals surface area contributed by atoms with Gasteiger partial charge in [0.1, 0.15) is 0 Å². The molecule has 0 aliphatic rings. The maximum absolute atomic E-state index is 12.4. The Morgan fingerprint density at radius 2 is 0.630 bits per heavy atom. The van der Waals surface area contributed by atoms with Gasteiger partial charge in [0.25, 0.3) is 0 Å². The summed E-state index contributed by atoms with van der Waals surface area (Å²) in [4.78, 5) is 24.4. The maximum Gasteiger partial charge on any atom is 0.305 e. The van der Waals surface area contributed by atoms with Crippen molar-refractivity contribution in [2.24, 2.45) is 0 Å². The average Bonchev–Trinajstić information content (AvgIpc) is 3.39. The molecule has 434 valence electrons. The van der Waals surface area contributed by atoms with E-state index in [1.807, 2.05) is 6.08 Å². The molecule has 2 unspecified atom stereocenters. The Kier molecular flexibility index (Phi) is 61.9. The lowest BCUT2D eigenvalue weighted by Gasteiger charge is -2.20. The summed E-state index contributed by atoms with van der Waals surface area (Å²) >= 11 is 0. The monoisotopic (exact) mass is 1030 g/mol. The first kappa shape index (κ1) is 71.6. The zero-order valence-electron chi connectivity index (χ0n) is 49.6. The van der Waals surface area contributed by atoms with Gasteiger partial charge in [0.15, 0.2) is 0 Å². The van der Waals surface area contributed by atoms with Crippen LogP contribution in [0.5, 0.6) is 0 Å². The number of hydrogen-bond donors (Lipinski definition) is 3. The van der Waals surface area contributed by atoms with Crippen molar-refractivity contribution in [2.45, 2.75) is 392 Å². The second-order valence-corrected chi connectivity index (χ2v) is 23.2. The molecule has 0 aromatic rings. The van der Waals surface area contributed by atoms with Crippen LogP contribution >= 0.6 is 0 Å². The van der Waals surface area contributed by atoms with Crippen LogP contribution in [0, 0.1) is 0 Å². The Morgan fingerprint density at radius 3 is 0.932 bits per heavy atom. The first-order valence-corrected chi connectivity index (χ1v) is 33.5. The molecule has 0 aromatic carbocycles. The molecule has 6 nitrogen and oxygen atoms in total. The SMILES string of the molecule is CCCCCCCCCC/C=C/C(O)C(CO)NC(=O)CCCCCCCCCCCCCCCCCCCCCCCCCCCCCCCCCCCCCOC(=O)CCCCCCCCCCCCC.